The third kappa shape index (κ3) is 3.68. The first-order valence-electron chi connectivity index (χ1n) is 7.10. The molecule has 0 saturated carbocycles. The van der Waals surface area contributed by atoms with Gasteiger partial charge in [-0.15, -0.1) is 0 Å². The number of nitrogens with one attached hydrogen (secondary N) is 1. The summed E-state index contributed by atoms with van der Waals surface area (Å²) in [6.07, 6.45) is 0.0891. The molecule has 2 aromatic rings. The van der Waals surface area contributed by atoms with E-state index in [1.54, 1.807) is 62.5 Å². The first-order valence-corrected chi connectivity index (χ1v) is 7.10. The fourth-order valence-electron chi connectivity index (χ4n) is 2.16. The van der Waals surface area contributed by atoms with E-state index >= 15 is 0 Å². The highest BCUT2D eigenvalue weighted by molar-refractivity contribution is 5.83. The maximum absolute atomic E-state index is 14.4. The van der Waals surface area contributed by atoms with Crippen LogP contribution in [0.1, 0.15) is 31.3 Å². The van der Waals surface area contributed by atoms with E-state index in [2.05, 4.69) is 10.3 Å². The number of pyridine rings is 1. The van der Waals surface area contributed by atoms with E-state index in [0.29, 0.717) is 11.3 Å². The Bertz CT molecular complexity index is 616. The number of hydrogen-bond donors (Lipinski definition) is 2. The predicted octanol–water partition coefficient (Wildman–Crippen LogP) is 2.47. The number of alkyl halides is 1. The number of carbonyl (C=O) groups is 1. The molecular formula is C17H20FN3O. The second-order valence-corrected chi connectivity index (χ2v) is 5.67. The maximum Gasteiger partial charge on any atom is 0.241 e. The molecule has 2 atom stereocenters. The minimum Gasteiger partial charge on any atom is -0.344 e. The average Bonchev–Trinajstić information content (AvgIpc) is 2.54. The van der Waals surface area contributed by atoms with Gasteiger partial charge in [-0.2, -0.15) is 0 Å². The van der Waals surface area contributed by atoms with E-state index in [1.165, 1.54) is 0 Å². The first-order chi connectivity index (χ1) is 10.4. The van der Waals surface area contributed by atoms with Crippen molar-refractivity contribution in [2.75, 3.05) is 0 Å². The molecular weight excluding hydrogens is 281 g/mol. The molecule has 1 aromatic heterocycles. The molecule has 1 heterocycles. The van der Waals surface area contributed by atoms with E-state index in [1.807, 2.05) is 6.07 Å². The molecule has 0 aliphatic rings. The molecule has 0 aliphatic heterocycles. The summed E-state index contributed by atoms with van der Waals surface area (Å²) in [5, 5.41) is 2.76. The molecule has 1 amide bonds. The Morgan fingerprint density at radius 2 is 1.82 bits per heavy atom. The number of hydrogen-bond acceptors (Lipinski definition) is 3. The Morgan fingerprint density at radius 3 is 2.41 bits per heavy atom. The summed E-state index contributed by atoms with van der Waals surface area (Å²) in [7, 11) is 0. The maximum atomic E-state index is 14.4. The van der Waals surface area contributed by atoms with Gasteiger partial charge in [-0.25, -0.2) is 4.39 Å². The van der Waals surface area contributed by atoms with Gasteiger partial charge in [0.15, 0.2) is 0 Å². The monoisotopic (exact) mass is 301 g/mol. The van der Waals surface area contributed by atoms with Gasteiger partial charge in [-0.05, 0) is 31.5 Å². The van der Waals surface area contributed by atoms with Crippen molar-refractivity contribution in [2.24, 2.45) is 5.73 Å². The van der Waals surface area contributed by atoms with Crippen molar-refractivity contribution in [3.05, 3.63) is 66.0 Å². The molecule has 0 saturated heterocycles. The van der Waals surface area contributed by atoms with Crippen LogP contribution in [-0.4, -0.2) is 16.9 Å². The molecule has 0 unspecified atom stereocenters. The zero-order valence-electron chi connectivity index (χ0n) is 12.7. The molecule has 3 N–H and O–H groups in total. The molecule has 0 fully saturated rings. The smallest absolute Gasteiger partial charge is 0.241 e. The van der Waals surface area contributed by atoms with Gasteiger partial charge in [-0.3, -0.25) is 9.78 Å². The van der Waals surface area contributed by atoms with Crippen LogP contribution < -0.4 is 11.1 Å². The van der Waals surface area contributed by atoms with Crippen molar-refractivity contribution in [3.8, 4) is 0 Å². The summed E-state index contributed by atoms with van der Waals surface area (Å²) < 4.78 is 14.4. The first kappa shape index (κ1) is 16.1. The molecule has 0 bridgehead atoms. The summed E-state index contributed by atoms with van der Waals surface area (Å²) >= 11 is 0. The zero-order chi connectivity index (χ0) is 16.2. The molecule has 2 rings (SSSR count). The Kier molecular flexibility index (Phi) is 4.88. The van der Waals surface area contributed by atoms with Crippen molar-refractivity contribution < 1.29 is 9.18 Å². The highest BCUT2D eigenvalue weighted by Crippen LogP contribution is 2.22. The number of benzene rings is 1. The van der Waals surface area contributed by atoms with Crippen LogP contribution in [0.2, 0.25) is 0 Å². The van der Waals surface area contributed by atoms with Crippen LogP contribution >= 0.6 is 0 Å². The summed E-state index contributed by atoms with van der Waals surface area (Å²) in [4.78, 5) is 16.5. The van der Waals surface area contributed by atoms with Gasteiger partial charge in [0.1, 0.15) is 12.2 Å². The largest absolute Gasteiger partial charge is 0.344 e. The third-order valence-electron chi connectivity index (χ3n) is 3.48. The third-order valence-corrected chi connectivity index (χ3v) is 3.48. The number of rotatable bonds is 5. The number of carbonyl (C=O) groups excluding carboxylic acids is 1. The number of halogens is 1. The lowest BCUT2D eigenvalue weighted by molar-refractivity contribution is -0.125. The van der Waals surface area contributed by atoms with E-state index in [0.717, 1.165) is 0 Å². The van der Waals surface area contributed by atoms with Gasteiger partial charge in [0.25, 0.3) is 0 Å². The summed E-state index contributed by atoms with van der Waals surface area (Å²) in [6, 6.07) is 12.6. The van der Waals surface area contributed by atoms with E-state index in [4.69, 9.17) is 5.73 Å². The summed E-state index contributed by atoms with van der Waals surface area (Å²) in [5.41, 5.74) is 6.12. The van der Waals surface area contributed by atoms with E-state index in [9.17, 15) is 9.18 Å². The Labute approximate surface area is 129 Å². The summed E-state index contributed by atoms with van der Waals surface area (Å²) in [6.45, 7) is 3.60. The summed E-state index contributed by atoms with van der Waals surface area (Å²) in [5.74, 6) is -0.549. The van der Waals surface area contributed by atoms with Gasteiger partial charge in [-0.1, -0.05) is 36.4 Å². The normalized spacial score (nSPS) is 14.2. The Hall–Kier alpha value is -2.27. The lowest BCUT2D eigenvalue weighted by Crippen LogP contribution is -2.50. The molecule has 0 radical (unpaired) electrons. The fourth-order valence-corrected chi connectivity index (χ4v) is 2.16. The molecule has 116 valence electrons. The SMILES string of the molecule is CC(C)(NC(=O)[C@H](N)[C@@H](F)c1ccccc1)c1ccccn1. The van der Waals surface area contributed by atoms with Crippen molar-refractivity contribution in [1.29, 1.82) is 0 Å². The number of nitrogens with two attached hydrogens (primary N) is 1. The number of aromatic nitrogens is 1. The van der Waals surface area contributed by atoms with Crippen molar-refractivity contribution >= 4 is 5.91 Å². The molecule has 0 aliphatic carbocycles. The average molecular weight is 301 g/mol. The Morgan fingerprint density at radius 1 is 1.18 bits per heavy atom. The van der Waals surface area contributed by atoms with Gasteiger partial charge < -0.3 is 11.1 Å². The molecule has 5 heteroatoms. The highest BCUT2D eigenvalue weighted by atomic mass is 19.1. The van der Waals surface area contributed by atoms with Gasteiger partial charge in [0, 0.05) is 6.20 Å². The fraction of sp³-hybridized carbons (Fsp3) is 0.294. The topological polar surface area (TPSA) is 68.0 Å². The van der Waals surface area contributed by atoms with Gasteiger partial charge >= 0.3 is 0 Å². The van der Waals surface area contributed by atoms with Crippen molar-refractivity contribution in [1.82, 2.24) is 10.3 Å². The van der Waals surface area contributed by atoms with Crippen LogP contribution in [-0.2, 0) is 10.3 Å². The van der Waals surface area contributed by atoms with Crippen molar-refractivity contribution in [3.63, 3.8) is 0 Å². The van der Waals surface area contributed by atoms with Crippen molar-refractivity contribution in [2.45, 2.75) is 31.6 Å². The molecule has 4 nitrogen and oxygen atoms in total. The number of nitrogens with zero attached hydrogens (tertiary/aromatic N) is 1. The predicted molar refractivity (Wildman–Crippen MR) is 83.7 cm³/mol. The minimum absolute atomic E-state index is 0.390. The van der Waals surface area contributed by atoms with Crippen LogP contribution in [0.4, 0.5) is 4.39 Å². The van der Waals surface area contributed by atoms with E-state index < -0.39 is 23.7 Å². The van der Waals surface area contributed by atoms with Crippen LogP contribution in [0.25, 0.3) is 0 Å². The standard InChI is InChI=1S/C17H20FN3O/c1-17(2,13-10-6-7-11-20-13)21-16(22)15(19)14(18)12-8-4-3-5-9-12/h3-11,14-15H,19H2,1-2H3,(H,21,22)/t14-,15+/m0/s1. The second kappa shape index (κ2) is 6.66. The van der Waals surface area contributed by atoms with Crippen LogP contribution in [0.3, 0.4) is 0 Å². The van der Waals surface area contributed by atoms with Gasteiger partial charge in [0.2, 0.25) is 5.91 Å². The van der Waals surface area contributed by atoms with Crippen LogP contribution in [0, 0.1) is 0 Å². The zero-order valence-corrected chi connectivity index (χ0v) is 12.7. The highest BCUT2D eigenvalue weighted by Gasteiger charge is 2.31. The van der Waals surface area contributed by atoms with E-state index in [-0.39, 0.29) is 0 Å². The molecule has 0 spiro atoms. The second-order valence-electron chi connectivity index (χ2n) is 5.67. The lowest BCUT2D eigenvalue weighted by atomic mass is 9.97. The quantitative estimate of drug-likeness (QED) is 0.891. The lowest BCUT2D eigenvalue weighted by Gasteiger charge is -2.28. The van der Waals surface area contributed by atoms with Crippen LogP contribution in [0.5, 0.6) is 0 Å². The molecule has 22 heavy (non-hydrogen) atoms. The minimum atomic E-state index is -1.55. The Balaban J connectivity index is 2.08. The number of amides is 1. The van der Waals surface area contributed by atoms with Gasteiger partial charge in [0.05, 0.1) is 11.2 Å². The molecule has 1 aromatic carbocycles. The van der Waals surface area contributed by atoms with Crippen LogP contribution in [0.15, 0.2) is 54.7 Å².